The third-order valence-electron chi connectivity index (χ3n) is 23.5. The Kier molecular flexibility index (Phi) is 23.7. The summed E-state index contributed by atoms with van der Waals surface area (Å²) in [7, 11) is 0. The summed E-state index contributed by atoms with van der Waals surface area (Å²) in [6, 6.07) is 30.1. The van der Waals surface area contributed by atoms with Gasteiger partial charge in [0.05, 0.1) is 83.5 Å². The normalized spacial score (nSPS) is 22.2. The van der Waals surface area contributed by atoms with Crippen molar-refractivity contribution in [3.8, 4) is 63.4 Å². The zero-order valence-corrected chi connectivity index (χ0v) is 67.3. The third kappa shape index (κ3) is 17.6. The molecule has 8 aliphatic rings. The number of nitrogens with zero attached hydrogens (tertiary/aromatic N) is 20. The van der Waals surface area contributed by atoms with Gasteiger partial charge in [0.1, 0.15) is 54.8 Å². The molecule has 0 radical (unpaired) electrons. The summed E-state index contributed by atoms with van der Waals surface area (Å²) < 4.78 is 63.6. The highest BCUT2D eigenvalue weighted by atomic mass is 19.1. The summed E-state index contributed by atoms with van der Waals surface area (Å²) in [6.45, 7) is 9.27. The highest BCUT2D eigenvalue weighted by Crippen LogP contribution is 2.46. The predicted molar refractivity (Wildman–Crippen MR) is 436 cm³/mol. The minimum absolute atomic E-state index is 0.0260. The lowest BCUT2D eigenvalue weighted by Crippen LogP contribution is -2.47. The van der Waals surface area contributed by atoms with Crippen LogP contribution in [-0.2, 0) is 20.0 Å². The maximum Gasteiger partial charge on any atom is 0.273 e. The molecule has 622 valence electrons. The number of likely N-dealkylation sites (tertiary alicyclic amines) is 4. The molecule has 4 aliphatic carbocycles. The maximum atomic E-state index is 13.5. The Bertz CT molecular complexity index is 5580. The Hall–Kier alpha value is -13.5. The summed E-state index contributed by atoms with van der Waals surface area (Å²) in [5.74, 6) is 3.61. The number of hydrogen-bond acceptors (Lipinski definition) is 24. The number of rotatable bonds is 19. The van der Waals surface area contributed by atoms with Crippen LogP contribution >= 0.6 is 0 Å². The smallest absolute Gasteiger partial charge is 0.273 e. The second-order valence-electron chi connectivity index (χ2n) is 32.1. The number of ether oxygens (including phenoxy) is 4. The number of aryl methyl sites for hydroxylation is 4. The van der Waals surface area contributed by atoms with E-state index >= 15 is 0 Å². The van der Waals surface area contributed by atoms with E-state index in [9.17, 15) is 37.5 Å². The molecule has 12 atom stereocenters. The molecule has 1 aromatic carbocycles. The Morgan fingerprint density at radius 2 is 0.738 bits per heavy atom. The first-order chi connectivity index (χ1) is 59.4. The van der Waals surface area contributed by atoms with Crippen molar-refractivity contribution in [1.82, 2.24) is 99.4 Å². The SMILES string of the molecule is Cc1ccc(OC2CC3CC2N(C(=O)c2ncc(C)cc2-c2ncc(F)cn2)C3)nc1.Cc1cnc(C(=O)N2CC3CC(Oc4cc(CF)ccn4)C2C3)c(-c2ncccn2)c1.Cc1cnc(C(=O)N2CC3CC(Oc4cc(CO)ccn4)C2C3)c(-c2ncccn2)c1.O=C(c1ccccc1-n1nccn1)N1CC2CC(Oc3cc(CF)ccn3)C1C2. The van der Waals surface area contributed by atoms with Gasteiger partial charge >= 0.3 is 0 Å². The minimum atomic E-state index is -0.566. The molecule has 29 nitrogen and oxygen atoms in total. The summed E-state index contributed by atoms with van der Waals surface area (Å²) in [5, 5.41) is 17.7. The number of amides is 4. The molecular weight excluding hydrogens is 1560 g/mol. The molecule has 0 spiro atoms. The van der Waals surface area contributed by atoms with E-state index in [1.54, 1.807) is 135 Å². The van der Waals surface area contributed by atoms with Crippen molar-refractivity contribution in [3.05, 3.63) is 263 Å². The van der Waals surface area contributed by atoms with Crippen LogP contribution in [0.25, 0.3) is 39.9 Å². The number of benzene rings is 1. The summed E-state index contributed by atoms with van der Waals surface area (Å²) in [5.41, 5.74) is 9.60. The standard InChI is InChI=1S/2C23H22FN5O2.C23H23N5O3.C21H20FN5O2/c1-13-3-4-20(25-8-13)31-19-7-15-6-18(19)29(12-15)23(30)21-17(5-14(2)9-26-21)22-27-10-16(24)11-28-22;1-14-7-17(22-26-4-2-5-27-22)21(28-12-14)23(30)29-13-16-8-18(29)19(9-16)31-20-10-15(11-24)3-6-25-20;1-14-7-17(22-25-4-2-5-26-22)21(27-11-14)23(30)28-12-16-8-18(28)19(9-16)31-20-10-15(13-29)3-6-24-20;22-12-14-5-6-23-20(11-14)29-19-10-15-9-18(19)26(13-15)21(28)16-3-1-2-4-17(16)27-24-7-8-25-27/h3-5,8-11,15,18-19H,6-7,12H2,1-2H3;2-7,10,12,16,18-19H,8-9,11,13H2,1H3;2-7,10-11,16,18-19,29H,8-9,12-13H2,1H3;1-8,11,15,18-19H,9-10,12-13H2. The van der Waals surface area contributed by atoms with Gasteiger partial charge in [-0.3, -0.25) is 34.1 Å². The van der Waals surface area contributed by atoms with Gasteiger partial charge in [0.15, 0.2) is 23.3 Å². The predicted octanol–water partition coefficient (Wildman–Crippen LogP) is 12.0. The summed E-state index contributed by atoms with van der Waals surface area (Å²) in [6.07, 6.45) is 30.1. The summed E-state index contributed by atoms with van der Waals surface area (Å²) >= 11 is 0. The highest BCUT2D eigenvalue weighted by molar-refractivity contribution is 6.01. The molecule has 8 fully saturated rings. The van der Waals surface area contributed by atoms with Gasteiger partial charge in [-0.2, -0.15) is 15.0 Å². The van der Waals surface area contributed by atoms with E-state index in [0.29, 0.717) is 135 Å². The number of aromatic nitrogens is 16. The fourth-order valence-corrected chi connectivity index (χ4v) is 18.0. The van der Waals surface area contributed by atoms with E-state index in [1.807, 2.05) is 95.8 Å². The van der Waals surface area contributed by atoms with Crippen LogP contribution in [0.4, 0.5) is 13.2 Å². The van der Waals surface area contributed by atoms with Crippen LogP contribution in [-0.4, -0.2) is 203 Å². The van der Waals surface area contributed by atoms with Crippen molar-refractivity contribution in [2.24, 2.45) is 23.7 Å². The average Bonchev–Trinajstić information content (AvgIpc) is 1.63. The molecule has 32 heteroatoms. The van der Waals surface area contributed by atoms with Crippen LogP contribution in [0.5, 0.6) is 23.5 Å². The van der Waals surface area contributed by atoms with Crippen molar-refractivity contribution in [3.63, 3.8) is 0 Å². The number of alkyl halides is 2. The summed E-state index contributed by atoms with van der Waals surface area (Å²) in [4.78, 5) is 119. The van der Waals surface area contributed by atoms with Crippen molar-refractivity contribution in [2.75, 3.05) is 26.2 Å². The number of aliphatic hydroxyl groups is 1. The first kappa shape index (κ1) is 80.9. The quantitative estimate of drug-likeness (QED) is 0.0786. The van der Waals surface area contributed by atoms with Crippen LogP contribution in [0.15, 0.2) is 196 Å². The van der Waals surface area contributed by atoms with E-state index in [-0.39, 0.29) is 90.3 Å². The molecule has 12 unspecified atom stereocenters. The van der Waals surface area contributed by atoms with Gasteiger partial charge in [-0.25, -0.2) is 63.0 Å². The van der Waals surface area contributed by atoms with Crippen molar-refractivity contribution in [2.45, 2.75) is 148 Å². The van der Waals surface area contributed by atoms with Gasteiger partial charge in [-0.15, -0.1) is 0 Å². The number of hydrogen-bond donors (Lipinski definition) is 1. The van der Waals surface area contributed by atoms with Crippen molar-refractivity contribution >= 4 is 23.6 Å². The molecular formula is C90H87F3N20O9. The average molecular weight is 1650 g/mol. The minimum Gasteiger partial charge on any atom is -0.472 e. The fourth-order valence-electron chi connectivity index (χ4n) is 18.0. The molecule has 122 heavy (non-hydrogen) atoms. The molecule has 4 saturated carbocycles. The zero-order chi connectivity index (χ0) is 84.1. The highest BCUT2D eigenvalue weighted by Gasteiger charge is 2.53. The van der Waals surface area contributed by atoms with E-state index < -0.39 is 19.2 Å². The number of piperidine rings is 4. The van der Waals surface area contributed by atoms with E-state index in [2.05, 4.69) is 75.0 Å². The molecule has 8 bridgehead atoms. The second kappa shape index (κ2) is 35.8. The van der Waals surface area contributed by atoms with Gasteiger partial charge < -0.3 is 43.7 Å². The topological polar surface area (TPSA) is 337 Å². The van der Waals surface area contributed by atoms with Crippen LogP contribution in [0.3, 0.4) is 0 Å². The number of fused-ring (bicyclic) bond motifs is 8. The van der Waals surface area contributed by atoms with Gasteiger partial charge in [0.2, 0.25) is 23.5 Å². The Morgan fingerprint density at radius 1 is 0.369 bits per heavy atom. The number of carbonyl (C=O) groups is 4. The number of pyridine rings is 7. The fraction of sp³-hybridized carbons (Fsp3) is 0.344. The molecule has 15 heterocycles. The Labute approximate surface area is 700 Å². The first-order valence-corrected chi connectivity index (χ1v) is 40.7. The molecule has 12 aromatic rings. The Morgan fingerprint density at radius 3 is 1.12 bits per heavy atom. The van der Waals surface area contributed by atoms with Gasteiger partial charge in [-0.05, 0) is 202 Å². The number of aliphatic hydroxyl groups excluding tert-OH is 1. The zero-order valence-electron chi connectivity index (χ0n) is 67.3. The maximum absolute atomic E-state index is 13.5. The van der Waals surface area contributed by atoms with E-state index in [0.717, 1.165) is 91.6 Å². The molecule has 4 saturated heterocycles. The third-order valence-corrected chi connectivity index (χ3v) is 23.5. The van der Waals surface area contributed by atoms with E-state index in [4.69, 9.17) is 18.9 Å². The molecule has 4 amide bonds. The van der Waals surface area contributed by atoms with E-state index in [1.165, 1.54) is 4.80 Å². The van der Waals surface area contributed by atoms with Gasteiger partial charge in [-0.1, -0.05) is 18.2 Å². The number of para-hydroxylation sites is 1. The lowest BCUT2D eigenvalue weighted by molar-refractivity contribution is 0.0459. The lowest BCUT2D eigenvalue weighted by Gasteiger charge is -2.33. The lowest BCUT2D eigenvalue weighted by atomic mass is 10.1. The van der Waals surface area contributed by atoms with Crippen molar-refractivity contribution < 1.29 is 56.4 Å². The molecule has 20 rings (SSSR count). The Balaban J connectivity index is 0.000000116. The van der Waals surface area contributed by atoms with Crippen LogP contribution < -0.4 is 18.9 Å². The molecule has 1 N–H and O–H groups in total. The van der Waals surface area contributed by atoms with Gasteiger partial charge in [0.25, 0.3) is 23.6 Å². The number of halogens is 3. The second-order valence-corrected chi connectivity index (χ2v) is 32.1. The first-order valence-electron chi connectivity index (χ1n) is 40.7. The largest absolute Gasteiger partial charge is 0.472 e. The van der Waals surface area contributed by atoms with Crippen LogP contribution in [0.1, 0.15) is 132 Å². The number of carbonyl (C=O) groups excluding carboxylic acids is 4. The monoisotopic (exact) mass is 1650 g/mol. The molecule has 11 aromatic heterocycles. The van der Waals surface area contributed by atoms with Crippen LogP contribution in [0, 0.1) is 57.2 Å². The van der Waals surface area contributed by atoms with Crippen LogP contribution in [0.2, 0.25) is 0 Å². The van der Waals surface area contributed by atoms with Gasteiger partial charge in [0, 0.05) is 119 Å². The van der Waals surface area contributed by atoms with Crippen molar-refractivity contribution in [1.29, 1.82) is 0 Å². The molecule has 4 aliphatic heterocycles.